The third-order valence-corrected chi connectivity index (χ3v) is 6.94. The molecule has 10 nitrogen and oxygen atoms in total. The first-order chi connectivity index (χ1) is 15.8. The standard InChI is InChI=1S/C22H28N4O4.CH2O2/c1-13-17-18(15-5-4-6-16(15)23-19(17)30-24-13)20(27)26-9-7-22(8-10-26)11-14(12-25(2)3)29-21(22)28;2-1-3/h14H,4-12H2,1-3H3;1H,(H,2,3). The summed E-state index contributed by atoms with van der Waals surface area (Å²) in [4.78, 5) is 43.2. The molecule has 2 aromatic rings. The number of pyridine rings is 1. The van der Waals surface area contributed by atoms with Crippen LogP contribution in [0.4, 0.5) is 0 Å². The quantitative estimate of drug-likeness (QED) is 0.541. The zero-order valence-electron chi connectivity index (χ0n) is 19.3. The van der Waals surface area contributed by atoms with Gasteiger partial charge in [0.25, 0.3) is 18.1 Å². The first-order valence-electron chi connectivity index (χ1n) is 11.3. The molecule has 1 unspecified atom stereocenters. The highest BCUT2D eigenvalue weighted by molar-refractivity contribution is 6.07. The molecule has 2 aliphatic heterocycles. The number of esters is 1. The lowest BCUT2D eigenvalue weighted by Gasteiger charge is -2.37. The molecular formula is C23H30N4O6. The van der Waals surface area contributed by atoms with E-state index < -0.39 is 5.41 Å². The summed E-state index contributed by atoms with van der Waals surface area (Å²) in [6, 6.07) is 0. The summed E-state index contributed by atoms with van der Waals surface area (Å²) in [6.07, 6.45) is 4.72. The van der Waals surface area contributed by atoms with Gasteiger partial charge in [-0.05, 0) is 58.7 Å². The molecule has 2 fully saturated rings. The number of likely N-dealkylation sites (tertiary alicyclic amines) is 1. The van der Waals surface area contributed by atoms with Crippen molar-refractivity contribution in [1.82, 2.24) is 19.9 Å². The Morgan fingerprint density at radius 1 is 1.30 bits per heavy atom. The minimum Gasteiger partial charge on any atom is -0.483 e. The van der Waals surface area contributed by atoms with Gasteiger partial charge in [0, 0.05) is 31.7 Å². The number of cyclic esters (lactones) is 1. The van der Waals surface area contributed by atoms with Crippen molar-refractivity contribution in [3.05, 3.63) is 22.5 Å². The zero-order valence-corrected chi connectivity index (χ0v) is 19.3. The van der Waals surface area contributed by atoms with E-state index in [1.165, 1.54) is 0 Å². The van der Waals surface area contributed by atoms with Crippen molar-refractivity contribution < 1.29 is 28.8 Å². The minimum absolute atomic E-state index is 0.0119. The van der Waals surface area contributed by atoms with Crippen molar-refractivity contribution in [1.29, 1.82) is 0 Å². The van der Waals surface area contributed by atoms with E-state index >= 15 is 0 Å². The third kappa shape index (κ3) is 4.19. The summed E-state index contributed by atoms with van der Waals surface area (Å²) in [5, 5.41) is 11.7. The van der Waals surface area contributed by atoms with E-state index in [4.69, 9.17) is 19.2 Å². The monoisotopic (exact) mass is 458 g/mol. The fourth-order valence-electron chi connectivity index (χ4n) is 5.40. The third-order valence-electron chi connectivity index (χ3n) is 6.94. The first-order valence-corrected chi connectivity index (χ1v) is 11.3. The molecule has 1 aliphatic carbocycles. The summed E-state index contributed by atoms with van der Waals surface area (Å²) in [6.45, 7) is 3.47. The van der Waals surface area contributed by atoms with Gasteiger partial charge < -0.3 is 24.2 Å². The number of ether oxygens (including phenoxy) is 1. The lowest BCUT2D eigenvalue weighted by Crippen LogP contribution is -2.45. The maximum absolute atomic E-state index is 13.6. The van der Waals surface area contributed by atoms with Crippen molar-refractivity contribution in [2.24, 2.45) is 5.41 Å². The molecule has 4 heterocycles. The number of carbonyl (C=O) groups excluding carboxylic acids is 2. The Balaban J connectivity index is 0.000000821. The summed E-state index contributed by atoms with van der Waals surface area (Å²) in [5.74, 6) is -0.0820. The van der Waals surface area contributed by atoms with E-state index in [1.807, 2.05) is 30.8 Å². The highest BCUT2D eigenvalue weighted by atomic mass is 16.6. The van der Waals surface area contributed by atoms with Gasteiger partial charge >= 0.3 is 5.97 Å². The molecular weight excluding hydrogens is 428 g/mol. The van der Waals surface area contributed by atoms with Crippen LogP contribution in [0.15, 0.2) is 4.52 Å². The zero-order chi connectivity index (χ0) is 23.8. The van der Waals surface area contributed by atoms with Crippen LogP contribution in [0.2, 0.25) is 0 Å². The predicted octanol–water partition coefficient (Wildman–Crippen LogP) is 1.82. The van der Waals surface area contributed by atoms with Crippen LogP contribution in [0.5, 0.6) is 0 Å². The van der Waals surface area contributed by atoms with E-state index in [2.05, 4.69) is 10.1 Å². The number of amides is 1. The fraction of sp³-hybridized carbons (Fsp3) is 0.609. The largest absolute Gasteiger partial charge is 0.483 e. The van der Waals surface area contributed by atoms with Crippen LogP contribution in [-0.4, -0.2) is 83.2 Å². The van der Waals surface area contributed by atoms with Gasteiger partial charge in [0.2, 0.25) is 0 Å². The van der Waals surface area contributed by atoms with Crippen LogP contribution < -0.4 is 0 Å². The molecule has 0 saturated carbocycles. The van der Waals surface area contributed by atoms with E-state index in [1.54, 1.807) is 0 Å². The second-order valence-corrected chi connectivity index (χ2v) is 9.39. The molecule has 1 N–H and O–H groups in total. The molecule has 2 saturated heterocycles. The second-order valence-electron chi connectivity index (χ2n) is 9.39. The van der Waals surface area contributed by atoms with Gasteiger partial charge in [0.05, 0.1) is 22.1 Å². The SMILES string of the molecule is Cc1noc2nc3c(c(C(=O)N4CCC5(CC4)CC(CN(C)C)OC5=O)c12)CCC3.O=CO. The molecule has 178 valence electrons. The Labute approximate surface area is 191 Å². The number of aromatic nitrogens is 2. The van der Waals surface area contributed by atoms with Crippen molar-refractivity contribution in [3.63, 3.8) is 0 Å². The lowest BCUT2D eigenvalue weighted by molar-refractivity contribution is -0.150. The molecule has 1 spiro atoms. The van der Waals surface area contributed by atoms with Crippen LogP contribution >= 0.6 is 0 Å². The van der Waals surface area contributed by atoms with E-state index in [0.717, 1.165) is 48.9 Å². The summed E-state index contributed by atoms with van der Waals surface area (Å²) in [7, 11) is 3.97. The summed E-state index contributed by atoms with van der Waals surface area (Å²) >= 11 is 0. The maximum atomic E-state index is 13.6. The number of piperidine rings is 1. The average Bonchev–Trinajstić information content (AvgIpc) is 3.45. The number of nitrogens with zero attached hydrogens (tertiary/aromatic N) is 4. The Kier molecular flexibility index (Phi) is 6.38. The Bertz CT molecular complexity index is 1070. The number of fused-ring (bicyclic) bond motifs is 2. The number of aryl methyl sites for hydroxylation is 2. The van der Waals surface area contributed by atoms with Gasteiger partial charge in [-0.25, -0.2) is 4.98 Å². The molecule has 0 aromatic carbocycles. The number of carboxylic acid groups (broad SMARTS) is 1. The topological polar surface area (TPSA) is 126 Å². The Morgan fingerprint density at radius 2 is 2.00 bits per heavy atom. The highest BCUT2D eigenvalue weighted by Crippen LogP contribution is 2.44. The smallest absolute Gasteiger partial charge is 0.312 e. The molecule has 3 aliphatic rings. The molecule has 33 heavy (non-hydrogen) atoms. The van der Waals surface area contributed by atoms with Crippen LogP contribution in [0, 0.1) is 12.3 Å². The fourth-order valence-corrected chi connectivity index (χ4v) is 5.40. The maximum Gasteiger partial charge on any atom is 0.312 e. The van der Waals surface area contributed by atoms with Crippen LogP contribution in [0.1, 0.15) is 53.0 Å². The van der Waals surface area contributed by atoms with Gasteiger partial charge in [-0.2, -0.15) is 0 Å². The van der Waals surface area contributed by atoms with Gasteiger partial charge in [0.15, 0.2) is 0 Å². The number of rotatable bonds is 3. The molecule has 0 radical (unpaired) electrons. The first kappa shape index (κ1) is 23.2. The van der Waals surface area contributed by atoms with Gasteiger partial charge in [-0.3, -0.25) is 14.4 Å². The number of hydrogen-bond acceptors (Lipinski definition) is 8. The molecule has 10 heteroatoms. The van der Waals surface area contributed by atoms with Crippen LogP contribution in [0.3, 0.4) is 0 Å². The molecule has 1 amide bonds. The number of carbonyl (C=O) groups is 3. The van der Waals surface area contributed by atoms with Crippen molar-refractivity contribution in [3.8, 4) is 0 Å². The van der Waals surface area contributed by atoms with E-state index in [9.17, 15) is 9.59 Å². The van der Waals surface area contributed by atoms with Gasteiger partial charge in [0.1, 0.15) is 6.10 Å². The number of hydrogen-bond donors (Lipinski definition) is 1. The van der Waals surface area contributed by atoms with Gasteiger partial charge in [-0.1, -0.05) is 5.16 Å². The predicted molar refractivity (Wildman–Crippen MR) is 118 cm³/mol. The molecule has 2 aromatic heterocycles. The Morgan fingerprint density at radius 3 is 2.67 bits per heavy atom. The molecule has 5 rings (SSSR count). The van der Waals surface area contributed by atoms with Crippen molar-refractivity contribution in [2.45, 2.75) is 51.6 Å². The molecule has 0 bridgehead atoms. The minimum atomic E-state index is -0.444. The Hall–Kier alpha value is -3.01. The normalized spacial score (nSPS) is 21.2. The second kappa shape index (κ2) is 9.09. The number of likely N-dealkylation sites (N-methyl/N-ethyl adjacent to an activating group) is 1. The lowest BCUT2D eigenvalue weighted by atomic mass is 9.76. The summed E-state index contributed by atoms with van der Waals surface area (Å²) in [5.41, 5.74) is 3.43. The van der Waals surface area contributed by atoms with Crippen molar-refractivity contribution in [2.75, 3.05) is 33.7 Å². The highest BCUT2D eigenvalue weighted by Gasteiger charge is 2.51. The van der Waals surface area contributed by atoms with Crippen LogP contribution in [0.25, 0.3) is 11.1 Å². The van der Waals surface area contributed by atoms with E-state index in [-0.39, 0.29) is 24.5 Å². The molecule has 1 atom stereocenters. The van der Waals surface area contributed by atoms with Gasteiger partial charge in [-0.15, -0.1) is 0 Å². The average molecular weight is 459 g/mol. The van der Waals surface area contributed by atoms with Crippen molar-refractivity contribution >= 4 is 29.4 Å². The summed E-state index contributed by atoms with van der Waals surface area (Å²) < 4.78 is 11.0. The van der Waals surface area contributed by atoms with E-state index in [0.29, 0.717) is 42.9 Å². The van der Waals surface area contributed by atoms with Crippen LogP contribution in [-0.2, 0) is 27.2 Å².